The first-order valence-electron chi connectivity index (χ1n) is 6.59. The number of nitrogens with one attached hydrogen (secondary N) is 1. The molecular formula is C14H17N3O3S. The van der Waals surface area contributed by atoms with Crippen LogP contribution in [0.3, 0.4) is 0 Å². The van der Waals surface area contributed by atoms with Gasteiger partial charge in [0.1, 0.15) is 10.5 Å². The Morgan fingerprint density at radius 2 is 2.43 bits per heavy atom. The van der Waals surface area contributed by atoms with Crippen LogP contribution in [-0.2, 0) is 16.1 Å². The average Bonchev–Trinajstić information content (AvgIpc) is 2.88. The summed E-state index contributed by atoms with van der Waals surface area (Å²) in [6.45, 7) is 6.76. The number of fused-ring (bicyclic) bond motifs is 1. The first-order valence-corrected chi connectivity index (χ1v) is 7.47. The minimum atomic E-state index is -0.307. The van der Waals surface area contributed by atoms with Crippen LogP contribution in [0.25, 0.3) is 10.2 Å². The highest BCUT2D eigenvalue weighted by Gasteiger charge is 2.13. The van der Waals surface area contributed by atoms with Gasteiger partial charge in [-0.2, -0.15) is 0 Å². The van der Waals surface area contributed by atoms with E-state index in [9.17, 15) is 9.59 Å². The van der Waals surface area contributed by atoms with Crippen LogP contribution in [0.15, 0.2) is 28.9 Å². The molecule has 112 valence electrons. The fourth-order valence-electron chi connectivity index (χ4n) is 1.97. The van der Waals surface area contributed by atoms with Gasteiger partial charge in [0, 0.05) is 6.54 Å². The van der Waals surface area contributed by atoms with Crippen molar-refractivity contribution in [2.24, 2.45) is 0 Å². The number of ether oxygens (including phenoxy) is 1. The predicted molar refractivity (Wildman–Crippen MR) is 82.3 cm³/mol. The zero-order valence-corrected chi connectivity index (χ0v) is 12.6. The number of thiophene rings is 1. The summed E-state index contributed by atoms with van der Waals surface area (Å²) in [5.41, 5.74) is 0.521. The van der Waals surface area contributed by atoms with E-state index in [1.165, 1.54) is 11.3 Å². The highest BCUT2D eigenvalue weighted by Crippen LogP contribution is 2.14. The van der Waals surface area contributed by atoms with Gasteiger partial charge >= 0.3 is 5.97 Å². The van der Waals surface area contributed by atoms with Crippen LogP contribution in [-0.4, -0.2) is 40.5 Å². The molecule has 2 heterocycles. The van der Waals surface area contributed by atoms with Crippen molar-refractivity contribution in [2.45, 2.75) is 13.5 Å². The number of hydrogen-bond acceptors (Lipinski definition) is 6. The molecule has 21 heavy (non-hydrogen) atoms. The molecule has 1 N–H and O–H groups in total. The molecule has 0 bridgehead atoms. The number of nitrogens with zero attached hydrogens (tertiary/aromatic N) is 2. The van der Waals surface area contributed by atoms with Crippen LogP contribution in [0, 0.1) is 0 Å². The quantitative estimate of drug-likeness (QED) is 0.620. The highest BCUT2D eigenvalue weighted by molar-refractivity contribution is 7.17. The standard InChI is InChI=1S/C14H17N3O3S/c1-3-6-17(9-12(18)20-4-2)8-11-15-10-5-7-21-13(10)14(19)16-11/h3,5,7H,1,4,6,8-9H2,2H3,(H,15,16,19). The zero-order chi connectivity index (χ0) is 15.2. The Labute approximate surface area is 126 Å². The van der Waals surface area contributed by atoms with Crippen molar-refractivity contribution in [3.05, 3.63) is 40.3 Å². The van der Waals surface area contributed by atoms with Crippen molar-refractivity contribution in [1.29, 1.82) is 0 Å². The zero-order valence-electron chi connectivity index (χ0n) is 11.8. The van der Waals surface area contributed by atoms with Gasteiger partial charge in [0.15, 0.2) is 0 Å². The molecule has 0 fully saturated rings. The van der Waals surface area contributed by atoms with E-state index < -0.39 is 0 Å². The maximum Gasteiger partial charge on any atom is 0.320 e. The van der Waals surface area contributed by atoms with Gasteiger partial charge in [0.2, 0.25) is 0 Å². The molecule has 2 rings (SSSR count). The highest BCUT2D eigenvalue weighted by atomic mass is 32.1. The van der Waals surface area contributed by atoms with E-state index in [-0.39, 0.29) is 18.1 Å². The van der Waals surface area contributed by atoms with Crippen LogP contribution in [0.1, 0.15) is 12.7 Å². The van der Waals surface area contributed by atoms with Crippen molar-refractivity contribution in [3.8, 4) is 0 Å². The minimum absolute atomic E-state index is 0.130. The molecular weight excluding hydrogens is 290 g/mol. The Bertz CT molecular complexity index is 692. The first kappa shape index (κ1) is 15.4. The first-order chi connectivity index (χ1) is 10.1. The molecule has 0 aromatic carbocycles. The maximum atomic E-state index is 11.9. The van der Waals surface area contributed by atoms with Crippen LogP contribution in [0.4, 0.5) is 0 Å². The predicted octanol–water partition coefficient (Wildman–Crippen LogP) is 1.54. The number of esters is 1. The normalized spacial score (nSPS) is 11.0. The topological polar surface area (TPSA) is 75.3 Å². The lowest BCUT2D eigenvalue weighted by atomic mass is 10.4. The minimum Gasteiger partial charge on any atom is -0.465 e. The van der Waals surface area contributed by atoms with Gasteiger partial charge in [0.05, 0.1) is 25.2 Å². The molecule has 2 aromatic rings. The van der Waals surface area contributed by atoms with Crippen molar-refractivity contribution in [3.63, 3.8) is 0 Å². The van der Waals surface area contributed by atoms with Gasteiger partial charge in [-0.25, -0.2) is 4.98 Å². The largest absolute Gasteiger partial charge is 0.465 e. The maximum absolute atomic E-state index is 11.9. The number of aromatic amines is 1. The Balaban J connectivity index is 2.15. The third kappa shape index (κ3) is 3.99. The fourth-order valence-corrected chi connectivity index (χ4v) is 2.69. The van der Waals surface area contributed by atoms with Gasteiger partial charge in [-0.3, -0.25) is 14.5 Å². The van der Waals surface area contributed by atoms with Crippen LogP contribution in [0.5, 0.6) is 0 Å². The van der Waals surface area contributed by atoms with Gasteiger partial charge in [-0.1, -0.05) is 6.08 Å². The molecule has 2 aromatic heterocycles. The summed E-state index contributed by atoms with van der Waals surface area (Å²) in [7, 11) is 0. The summed E-state index contributed by atoms with van der Waals surface area (Å²) in [5, 5.41) is 1.83. The van der Waals surface area contributed by atoms with Crippen LogP contribution >= 0.6 is 11.3 Å². The lowest BCUT2D eigenvalue weighted by Crippen LogP contribution is -2.32. The van der Waals surface area contributed by atoms with E-state index in [1.54, 1.807) is 13.0 Å². The number of aromatic nitrogens is 2. The van der Waals surface area contributed by atoms with E-state index in [4.69, 9.17) is 4.74 Å². The third-order valence-corrected chi connectivity index (χ3v) is 3.69. The molecule has 0 aliphatic carbocycles. The lowest BCUT2D eigenvalue weighted by Gasteiger charge is -2.18. The molecule has 0 atom stereocenters. The molecule has 0 aliphatic heterocycles. The molecule has 0 unspecified atom stereocenters. The number of hydrogen-bond donors (Lipinski definition) is 1. The molecule has 0 aliphatic rings. The smallest absolute Gasteiger partial charge is 0.320 e. The summed E-state index contributed by atoms with van der Waals surface area (Å²) >= 11 is 1.36. The van der Waals surface area contributed by atoms with E-state index in [1.807, 2.05) is 16.3 Å². The van der Waals surface area contributed by atoms with Gasteiger partial charge in [-0.05, 0) is 18.4 Å². The van der Waals surface area contributed by atoms with Crippen molar-refractivity contribution >= 4 is 27.5 Å². The molecule has 7 heteroatoms. The summed E-state index contributed by atoms with van der Waals surface area (Å²) in [6, 6.07) is 1.81. The Morgan fingerprint density at radius 1 is 1.62 bits per heavy atom. The number of carbonyl (C=O) groups is 1. The summed E-state index contributed by atoms with van der Waals surface area (Å²) < 4.78 is 5.54. The van der Waals surface area contributed by atoms with E-state index in [2.05, 4.69) is 16.5 Å². The number of carbonyl (C=O) groups excluding carboxylic acids is 1. The van der Waals surface area contributed by atoms with Crippen molar-refractivity contribution in [1.82, 2.24) is 14.9 Å². The van der Waals surface area contributed by atoms with Crippen molar-refractivity contribution in [2.75, 3.05) is 19.7 Å². The van der Waals surface area contributed by atoms with E-state index in [0.717, 1.165) is 0 Å². The number of H-pyrrole nitrogens is 1. The van der Waals surface area contributed by atoms with E-state index >= 15 is 0 Å². The average molecular weight is 307 g/mol. The summed E-state index contributed by atoms with van der Waals surface area (Å²) in [4.78, 5) is 32.4. The monoisotopic (exact) mass is 307 g/mol. The molecule has 0 saturated carbocycles. The molecule has 0 radical (unpaired) electrons. The van der Waals surface area contributed by atoms with Crippen LogP contribution in [0.2, 0.25) is 0 Å². The molecule has 0 spiro atoms. The van der Waals surface area contributed by atoms with Gasteiger partial charge < -0.3 is 9.72 Å². The SMILES string of the molecule is C=CCN(CC(=O)OCC)Cc1nc2ccsc2c(=O)[nH]1. The molecule has 6 nitrogen and oxygen atoms in total. The second kappa shape index (κ2) is 7.14. The number of rotatable bonds is 7. The van der Waals surface area contributed by atoms with Crippen molar-refractivity contribution < 1.29 is 9.53 Å². The van der Waals surface area contributed by atoms with Gasteiger partial charge in [-0.15, -0.1) is 17.9 Å². The second-order valence-corrected chi connectivity index (χ2v) is 5.33. The Morgan fingerprint density at radius 3 is 3.14 bits per heavy atom. The second-order valence-electron chi connectivity index (χ2n) is 4.41. The lowest BCUT2D eigenvalue weighted by molar-refractivity contribution is -0.144. The van der Waals surface area contributed by atoms with Crippen LogP contribution < -0.4 is 5.56 Å². The third-order valence-electron chi connectivity index (χ3n) is 2.78. The summed E-state index contributed by atoms with van der Waals surface area (Å²) in [5.74, 6) is 0.218. The molecule has 0 amide bonds. The van der Waals surface area contributed by atoms with E-state index in [0.29, 0.717) is 35.7 Å². The Kier molecular flexibility index (Phi) is 5.24. The van der Waals surface area contributed by atoms with Gasteiger partial charge in [0.25, 0.3) is 5.56 Å². The Hall–Kier alpha value is -1.99. The molecule has 0 saturated heterocycles. The fraction of sp³-hybridized carbons (Fsp3) is 0.357. The summed E-state index contributed by atoms with van der Waals surface area (Å²) in [6.07, 6.45) is 1.69.